The van der Waals surface area contributed by atoms with E-state index in [1.807, 2.05) is 0 Å². The highest BCUT2D eigenvalue weighted by Crippen LogP contribution is 2.24. The van der Waals surface area contributed by atoms with Crippen LogP contribution in [0.25, 0.3) is 0 Å². The Balaban J connectivity index is 2.49. The second-order valence-electron chi connectivity index (χ2n) is 4.27. The SMILES string of the molecule is O=C(O)C(O)=CC(=O)c1[nH]ncc1S(=O)(=O)c1ccc(Cl)cc1. The van der Waals surface area contributed by atoms with Crippen LogP contribution in [0.15, 0.2) is 52.1 Å². The van der Waals surface area contributed by atoms with Crippen LogP contribution in [-0.4, -0.2) is 40.6 Å². The maximum Gasteiger partial charge on any atom is 0.371 e. The maximum atomic E-state index is 12.5. The van der Waals surface area contributed by atoms with E-state index in [1.54, 1.807) is 0 Å². The first kappa shape index (κ1) is 16.7. The summed E-state index contributed by atoms with van der Waals surface area (Å²) in [4.78, 5) is 21.9. The number of ketones is 1. The smallest absolute Gasteiger partial charge is 0.371 e. The number of aliphatic hydroxyl groups excluding tert-OH is 1. The van der Waals surface area contributed by atoms with E-state index in [9.17, 15) is 18.0 Å². The van der Waals surface area contributed by atoms with Crippen molar-refractivity contribution >= 4 is 33.2 Å². The van der Waals surface area contributed by atoms with Crippen LogP contribution in [0.5, 0.6) is 0 Å². The summed E-state index contributed by atoms with van der Waals surface area (Å²) in [5, 5.41) is 23.6. The molecule has 0 aliphatic rings. The molecule has 0 radical (unpaired) electrons. The number of aliphatic hydroxyl groups is 1. The number of H-pyrrole nitrogens is 1. The molecule has 120 valence electrons. The zero-order valence-corrected chi connectivity index (χ0v) is 12.8. The van der Waals surface area contributed by atoms with Crippen molar-refractivity contribution in [3.63, 3.8) is 0 Å². The van der Waals surface area contributed by atoms with Gasteiger partial charge in [-0.1, -0.05) is 11.6 Å². The molecule has 2 aromatic rings. The molecular weight excluding hydrogens is 348 g/mol. The zero-order chi connectivity index (χ0) is 17.2. The highest BCUT2D eigenvalue weighted by atomic mass is 35.5. The number of nitrogens with one attached hydrogen (secondary N) is 1. The minimum absolute atomic E-state index is 0.121. The van der Waals surface area contributed by atoms with Crippen molar-refractivity contribution in [2.75, 3.05) is 0 Å². The standard InChI is InChI=1S/C13H9ClN2O6S/c14-7-1-3-8(4-2-7)23(21,22)11-6-15-16-12(11)9(17)5-10(18)13(19)20/h1-6,18H,(H,15,16)(H,19,20). The molecule has 0 aliphatic heterocycles. The van der Waals surface area contributed by atoms with Crippen LogP contribution in [0.4, 0.5) is 0 Å². The number of carboxylic acid groups (broad SMARTS) is 1. The van der Waals surface area contributed by atoms with E-state index in [4.69, 9.17) is 21.8 Å². The summed E-state index contributed by atoms with van der Waals surface area (Å²) >= 11 is 5.70. The summed E-state index contributed by atoms with van der Waals surface area (Å²) < 4.78 is 25.0. The summed E-state index contributed by atoms with van der Waals surface area (Å²) in [5.41, 5.74) is -0.465. The van der Waals surface area contributed by atoms with Crippen LogP contribution in [0.3, 0.4) is 0 Å². The Morgan fingerprint density at radius 1 is 1.17 bits per heavy atom. The van der Waals surface area contributed by atoms with Crippen molar-refractivity contribution in [3.05, 3.63) is 53.0 Å². The molecule has 10 heteroatoms. The van der Waals surface area contributed by atoms with E-state index in [2.05, 4.69) is 10.2 Å². The lowest BCUT2D eigenvalue weighted by Gasteiger charge is -2.04. The van der Waals surface area contributed by atoms with Gasteiger partial charge in [0.2, 0.25) is 21.4 Å². The molecule has 0 atom stereocenters. The first-order valence-electron chi connectivity index (χ1n) is 5.96. The van der Waals surface area contributed by atoms with Gasteiger partial charge in [0, 0.05) is 11.1 Å². The lowest BCUT2D eigenvalue weighted by atomic mass is 10.2. The summed E-state index contributed by atoms with van der Waals surface area (Å²) in [5.74, 6) is -3.99. The average Bonchev–Trinajstić information content (AvgIpc) is 2.97. The lowest BCUT2D eigenvalue weighted by Crippen LogP contribution is -2.09. The van der Waals surface area contributed by atoms with E-state index >= 15 is 0 Å². The van der Waals surface area contributed by atoms with E-state index in [0.717, 1.165) is 6.20 Å². The number of carbonyl (C=O) groups is 2. The predicted molar refractivity (Wildman–Crippen MR) is 78.2 cm³/mol. The van der Waals surface area contributed by atoms with Crippen LogP contribution in [-0.2, 0) is 14.6 Å². The summed E-state index contributed by atoms with van der Waals surface area (Å²) in [6.07, 6.45) is 1.31. The van der Waals surface area contributed by atoms with Crippen molar-refractivity contribution in [1.29, 1.82) is 0 Å². The highest BCUT2D eigenvalue weighted by molar-refractivity contribution is 7.91. The second-order valence-corrected chi connectivity index (χ2v) is 6.62. The highest BCUT2D eigenvalue weighted by Gasteiger charge is 2.26. The first-order valence-corrected chi connectivity index (χ1v) is 7.82. The molecule has 23 heavy (non-hydrogen) atoms. The molecule has 2 rings (SSSR count). The number of hydrogen-bond acceptors (Lipinski definition) is 6. The van der Waals surface area contributed by atoms with Crippen LogP contribution in [0.2, 0.25) is 5.02 Å². The molecule has 0 fully saturated rings. The number of carboxylic acids is 1. The third-order valence-corrected chi connectivity index (χ3v) is 4.78. The van der Waals surface area contributed by atoms with Crippen LogP contribution >= 0.6 is 11.6 Å². The molecule has 0 unspecified atom stereocenters. The van der Waals surface area contributed by atoms with Gasteiger partial charge in [0.05, 0.1) is 11.1 Å². The van der Waals surface area contributed by atoms with Crippen molar-refractivity contribution in [2.24, 2.45) is 0 Å². The summed E-state index contributed by atoms with van der Waals surface area (Å²) in [6.45, 7) is 0. The molecule has 0 bridgehead atoms. The van der Waals surface area contributed by atoms with Gasteiger partial charge in [0.15, 0.2) is 0 Å². The number of rotatable bonds is 5. The van der Waals surface area contributed by atoms with Gasteiger partial charge in [-0.2, -0.15) is 5.10 Å². The largest absolute Gasteiger partial charge is 0.502 e. The Morgan fingerprint density at radius 3 is 2.35 bits per heavy atom. The zero-order valence-electron chi connectivity index (χ0n) is 11.2. The number of halogens is 1. The predicted octanol–water partition coefficient (Wildman–Crippen LogP) is 1.61. The van der Waals surface area contributed by atoms with E-state index in [1.165, 1.54) is 24.3 Å². The van der Waals surface area contributed by atoms with E-state index in [0.29, 0.717) is 11.1 Å². The monoisotopic (exact) mass is 356 g/mol. The van der Waals surface area contributed by atoms with Crippen molar-refractivity contribution in [3.8, 4) is 0 Å². The number of carbonyl (C=O) groups excluding carboxylic acids is 1. The van der Waals surface area contributed by atoms with Crippen LogP contribution < -0.4 is 0 Å². The normalized spacial score (nSPS) is 12.1. The maximum absolute atomic E-state index is 12.5. The molecule has 1 aromatic heterocycles. The van der Waals surface area contributed by atoms with Crippen LogP contribution in [0.1, 0.15) is 10.5 Å². The number of nitrogens with zero attached hydrogens (tertiary/aromatic N) is 1. The van der Waals surface area contributed by atoms with Gasteiger partial charge in [0.1, 0.15) is 10.6 Å². The average molecular weight is 357 g/mol. The molecule has 3 N–H and O–H groups in total. The fourth-order valence-corrected chi connectivity index (χ4v) is 3.13. The van der Waals surface area contributed by atoms with Gasteiger partial charge >= 0.3 is 5.97 Å². The minimum Gasteiger partial charge on any atom is -0.502 e. The molecular formula is C13H9ClN2O6S. The number of benzene rings is 1. The number of aromatic nitrogens is 2. The van der Waals surface area contributed by atoms with Gasteiger partial charge in [-0.15, -0.1) is 0 Å². The quantitative estimate of drug-likeness (QED) is 0.420. The number of sulfone groups is 1. The van der Waals surface area contributed by atoms with Crippen molar-refractivity contribution in [2.45, 2.75) is 9.79 Å². The van der Waals surface area contributed by atoms with Gasteiger partial charge in [0.25, 0.3) is 0 Å². The fourth-order valence-electron chi connectivity index (χ4n) is 1.65. The molecule has 1 aromatic carbocycles. The summed E-state index contributed by atoms with van der Waals surface area (Å²) in [6, 6.07) is 5.24. The van der Waals surface area contributed by atoms with Gasteiger partial charge in [-0.05, 0) is 24.3 Å². The Labute approximate surface area is 134 Å². The fraction of sp³-hybridized carbons (Fsp3) is 0. The Hall–Kier alpha value is -2.65. The number of aliphatic carboxylic acids is 1. The van der Waals surface area contributed by atoms with Crippen molar-refractivity contribution in [1.82, 2.24) is 10.2 Å². The van der Waals surface area contributed by atoms with Gasteiger partial charge < -0.3 is 10.2 Å². The molecule has 8 nitrogen and oxygen atoms in total. The minimum atomic E-state index is -4.08. The number of hydrogen-bond donors (Lipinski definition) is 3. The lowest BCUT2D eigenvalue weighted by molar-refractivity contribution is -0.135. The third kappa shape index (κ3) is 3.41. The van der Waals surface area contributed by atoms with Gasteiger partial charge in [-0.25, -0.2) is 13.2 Å². The number of allylic oxidation sites excluding steroid dienone is 1. The van der Waals surface area contributed by atoms with E-state index in [-0.39, 0.29) is 4.90 Å². The number of aromatic amines is 1. The topological polar surface area (TPSA) is 137 Å². The van der Waals surface area contributed by atoms with Crippen molar-refractivity contribution < 1.29 is 28.2 Å². The Kier molecular flexibility index (Phi) is 4.52. The molecule has 0 aliphatic carbocycles. The molecule has 0 spiro atoms. The molecule has 0 saturated carbocycles. The third-order valence-electron chi connectivity index (χ3n) is 2.75. The summed E-state index contributed by atoms with van der Waals surface area (Å²) in [7, 11) is -4.08. The second kappa shape index (κ2) is 6.23. The van der Waals surface area contributed by atoms with Crippen LogP contribution in [0, 0.1) is 0 Å². The molecule has 0 saturated heterocycles. The Bertz CT molecular complexity index is 899. The first-order chi connectivity index (χ1) is 10.7. The Morgan fingerprint density at radius 2 is 1.78 bits per heavy atom. The molecule has 1 heterocycles. The van der Waals surface area contributed by atoms with E-state index < -0.39 is 37.9 Å². The molecule has 0 amide bonds. The van der Waals surface area contributed by atoms with Gasteiger partial charge in [-0.3, -0.25) is 9.89 Å².